The summed E-state index contributed by atoms with van der Waals surface area (Å²) in [6.45, 7) is 1.75. The van der Waals surface area contributed by atoms with Crippen LogP contribution in [0.5, 0.6) is 11.5 Å². The van der Waals surface area contributed by atoms with Crippen LogP contribution in [0.25, 0.3) is 0 Å². The lowest BCUT2D eigenvalue weighted by Crippen LogP contribution is -2.45. The van der Waals surface area contributed by atoms with E-state index in [0.717, 1.165) is 25.9 Å². The van der Waals surface area contributed by atoms with Gasteiger partial charge in [-0.3, -0.25) is 4.79 Å². The fraction of sp³-hybridized carbons (Fsp3) is 0.278. The van der Waals surface area contributed by atoms with E-state index in [1.807, 2.05) is 12.1 Å². The van der Waals surface area contributed by atoms with Crippen LogP contribution in [0.1, 0.15) is 23.2 Å². The number of piperidine rings is 1. The molecule has 1 saturated heterocycles. The summed E-state index contributed by atoms with van der Waals surface area (Å²) in [5, 5.41) is 7.11. The van der Waals surface area contributed by atoms with E-state index in [1.54, 1.807) is 30.3 Å². The number of hydrogen-bond donors (Lipinski definition) is 2. The smallest absolute Gasteiger partial charge is 0.256 e. The number of rotatable bonds is 4. The minimum absolute atomic E-state index is 0. The predicted octanol–water partition coefficient (Wildman–Crippen LogP) is 4.69. The first-order valence-corrected chi connectivity index (χ1v) is 8.63. The van der Waals surface area contributed by atoms with Gasteiger partial charge >= 0.3 is 0 Å². The molecule has 25 heavy (non-hydrogen) atoms. The molecule has 2 aromatic rings. The average Bonchev–Trinajstić information content (AvgIpc) is 2.58. The summed E-state index contributed by atoms with van der Waals surface area (Å²) in [6, 6.07) is 12.3. The van der Waals surface area contributed by atoms with E-state index in [9.17, 15) is 4.79 Å². The minimum atomic E-state index is -0.239. The van der Waals surface area contributed by atoms with Gasteiger partial charge in [-0.2, -0.15) is 0 Å². The van der Waals surface area contributed by atoms with Gasteiger partial charge in [0.1, 0.15) is 17.1 Å². The number of benzene rings is 2. The van der Waals surface area contributed by atoms with Gasteiger partial charge in [-0.1, -0.05) is 41.4 Å². The summed E-state index contributed by atoms with van der Waals surface area (Å²) in [5.41, 5.74) is 0.324. The predicted molar refractivity (Wildman–Crippen MR) is 104 cm³/mol. The summed E-state index contributed by atoms with van der Waals surface area (Å²) in [6.07, 6.45) is 1.99. The van der Waals surface area contributed by atoms with E-state index in [1.165, 1.54) is 0 Å². The van der Waals surface area contributed by atoms with E-state index in [-0.39, 0.29) is 24.4 Å². The van der Waals surface area contributed by atoms with E-state index in [0.29, 0.717) is 27.1 Å². The lowest BCUT2D eigenvalue weighted by atomic mass is 10.1. The Morgan fingerprint density at radius 3 is 2.52 bits per heavy atom. The van der Waals surface area contributed by atoms with Gasteiger partial charge in [0.25, 0.3) is 5.91 Å². The van der Waals surface area contributed by atoms with Gasteiger partial charge in [-0.25, -0.2) is 0 Å². The molecule has 1 atom stereocenters. The molecule has 1 aliphatic heterocycles. The first-order chi connectivity index (χ1) is 11.6. The van der Waals surface area contributed by atoms with Crippen LogP contribution in [0.4, 0.5) is 0 Å². The number of halogens is 3. The third-order valence-corrected chi connectivity index (χ3v) is 4.52. The van der Waals surface area contributed by atoms with Crippen molar-refractivity contribution in [1.29, 1.82) is 0 Å². The number of carbonyl (C=O) groups is 1. The van der Waals surface area contributed by atoms with E-state index in [2.05, 4.69) is 10.6 Å². The van der Waals surface area contributed by atoms with Crippen molar-refractivity contribution in [3.8, 4) is 11.5 Å². The highest BCUT2D eigenvalue weighted by Crippen LogP contribution is 2.33. The van der Waals surface area contributed by atoms with Crippen molar-refractivity contribution in [3.05, 3.63) is 58.1 Å². The van der Waals surface area contributed by atoms with Gasteiger partial charge in [0, 0.05) is 12.6 Å². The lowest BCUT2D eigenvalue weighted by Gasteiger charge is -2.24. The van der Waals surface area contributed by atoms with Crippen LogP contribution in [0, 0.1) is 0 Å². The number of hydrogen-bond acceptors (Lipinski definition) is 3. The molecule has 0 spiro atoms. The van der Waals surface area contributed by atoms with Crippen molar-refractivity contribution in [1.82, 2.24) is 10.6 Å². The summed E-state index contributed by atoms with van der Waals surface area (Å²) in [5.74, 6) is 0.628. The SMILES string of the molecule is Cl.O=C(N[C@H]1CCCNC1)c1c(Cl)cccc1Oc1ccccc1Cl. The monoisotopic (exact) mass is 400 g/mol. The third-order valence-electron chi connectivity index (χ3n) is 3.89. The highest BCUT2D eigenvalue weighted by Gasteiger charge is 2.22. The normalized spacial score (nSPS) is 16.6. The van der Waals surface area contributed by atoms with Crippen molar-refractivity contribution in [2.45, 2.75) is 18.9 Å². The van der Waals surface area contributed by atoms with Crippen molar-refractivity contribution >= 4 is 41.5 Å². The van der Waals surface area contributed by atoms with Crippen molar-refractivity contribution in [2.24, 2.45) is 0 Å². The van der Waals surface area contributed by atoms with Gasteiger partial charge < -0.3 is 15.4 Å². The van der Waals surface area contributed by atoms with Gasteiger partial charge in [0.2, 0.25) is 0 Å². The standard InChI is InChI=1S/C18H18Cl2N2O2.ClH/c19-13-6-1-2-8-15(13)24-16-9-3-7-14(20)17(16)18(23)22-12-5-4-10-21-11-12;/h1-3,6-9,12,21H,4-5,10-11H2,(H,22,23);1H/t12-;/m0./s1. The van der Waals surface area contributed by atoms with Crippen molar-refractivity contribution in [3.63, 3.8) is 0 Å². The molecule has 7 heteroatoms. The van der Waals surface area contributed by atoms with Gasteiger partial charge in [0.05, 0.1) is 10.0 Å². The number of nitrogens with one attached hydrogen (secondary N) is 2. The molecule has 2 aromatic carbocycles. The Morgan fingerprint density at radius 2 is 1.80 bits per heavy atom. The van der Waals surface area contributed by atoms with Crippen LogP contribution in [-0.2, 0) is 0 Å². The molecule has 1 heterocycles. The van der Waals surface area contributed by atoms with Crippen LogP contribution in [-0.4, -0.2) is 25.0 Å². The molecule has 2 N–H and O–H groups in total. The fourth-order valence-corrected chi connectivity index (χ4v) is 3.11. The number of amides is 1. The number of para-hydroxylation sites is 1. The molecule has 134 valence electrons. The Balaban J connectivity index is 0.00000225. The molecular weight excluding hydrogens is 383 g/mol. The molecule has 0 aromatic heterocycles. The largest absolute Gasteiger partial charge is 0.455 e. The molecule has 0 radical (unpaired) electrons. The van der Waals surface area contributed by atoms with Crippen LogP contribution in [0.15, 0.2) is 42.5 Å². The molecule has 1 fully saturated rings. The van der Waals surface area contributed by atoms with Crippen molar-refractivity contribution in [2.75, 3.05) is 13.1 Å². The molecule has 1 amide bonds. The molecule has 0 aliphatic carbocycles. The molecule has 1 aliphatic rings. The van der Waals surface area contributed by atoms with Crippen molar-refractivity contribution < 1.29 is 9.53 Å². The zero-order chi connectivity index (χ0) is 16.9. The first-order valence-electron chi connectivity index (χ1n) is 7.87. The molecule has 0 bridgehead atoms. The molecule has 4 nitrogen and oxygen atoms in total. The fourth-order valence-electron chi connectivity index (χ4n) is 2.69. The summed E-state index contributed by atoms with van der Waals surface area (Å²) >= 11 is 12.4. The highest BCUT2D eigenvalue weighted by molar-refractivity contribution is 6.34. The quantitative estimate of drug-likeness (QED) is 0.781. The second-order valence-corrected chi connectivity index (χ2v) is 6.48. The maximum Gasteiger partial charge on any atom is 0.256 e. The Labute approximate surface area is 163 Å². The maximum atomic E-state index is 12.7. The Hall–Kier alpha value is -1.46. The van der Waals surface area contributed by atoms with Gasteiger partial charge in [-0.05, 0) is 43.7 Å². The molecule has 0 saturated carbocycles. The minimum Gasteiger partial charge on any atom is -0.455 e. The lowest BCUT2D eigenvalue weighted by molar-refractivity contribution is 0.0928. The van der Waals surface area contributed by atoms with E-state index in [4.69, 9.17) is 27.9 Å². The summed E-state index contributed by atoms with van der Waals surface area (Å²) in [7, 11) is 0. The first kappa shape index (κ1) is 19.9. The Bertz CT molecular complexity index is 734. The molecule has 0 unspecified atom stereocenters. The zero-order valence-corrected chi connectivity index (χ0v) is 15.8. The zero-order valence-electron chi connectivity index (χ0n) is 13.4. The number of carbonyl (C=O) groups excluding carboxylic acids is 1. The van der Waals surface area contributed by atoms with Gasteiger partial charge in [-0.15, -0.1) is 12.4 Å². The topological polar surface area (TPSA) is 50.4 Å². The molecular formula is C18H19Cl3N2O2. The van der Waals surface area contributed by atoms with Crippen LogP contribution in [0.2, 0.25) is 10.0 Å². The van der Waals surface area contributed by atoms with Crippen LogP contribution in [0.3, 0.4) is 0 Å². The summed E-state index contributed by atoms with van der Waals surface area (Å²) in [4.78, 5) is 12.7. The Morgan fingerprint density at radius 1 is 1.08 bits per heavy atom. The third kappa shape index (κ3) is 5.02. The van der Waals surface area contributed by atoms with Gasteiger partial charge in [0.15, 0.2) is 0 Å². The number of ether oxygens (including phenoxy) is 1. The van der Waals surface area contributed by atoms with Crippen LogP contribution < -0.4 is 15.4 Å². The summed E-state index contributed by atoms with van der Waals surface area (Å²) < 4.78 is 5.84. The van der Waals surface area contributed by atoms with Crippen LogP contribution >= 0.6 is 35.6 Å². The maximum absolute atomic E-state index is 12.7. The second-order valence-electron chi connectivity index (χ2n) is 5.66. The highest BCUT2D eigenvalue weighted by atomic mass is 35.5. The average molecular weight is 402 g/mol. The Kier molecular flexibility index (Phi) is 7.38. The molecule has 3 rings (SSSR count). The van der Waals surface area contributed by atoms with E-state index < -0.39 is 0 Å². The van der Waals surface area contributed by atoms with E-state index >= 15 is 0 Å². The second kappa shape index (κ2) is 9.30.